The Hall–Kier alpha value is -1.05. The molecule has 0 aromatic carbocycles. The molecular formula is C14H22O2. The van der Waals surface area contributed by atoms with E-state index in [0.29, 0.717) is 5.57 Å². The Morgan fingerprint density at radius 2 is 1.81 bits per heavy atom. The van der Waals surface area contributed by atoms with E-state index in [1.807, 2.05) is 6.08 Å². The topological polar surface area (TPSA) is 37.3 Å². The van der Waals surface area contributed by atoms with Gasteiger partial charge in [0.15, 0.2) is 0 Å². The van der Waals surface area contributed by atoms with Crippen LogP contribution < -0.4 is 0 Å². The number of carboxylic acids is 1. The first-order chi connectivity index (χ1) is 7.70. The van der Waals surface area contributed by atoms with Crippen LogP contribution in [0.5, 0.6) is 0 Å². The third-order valence-electron chi connectivity index (χ3n) is 3.07. The summed E-state index contributed by atoms with van der Waals surface area (Å²) in [5.41, 5.74) is 1.66. The molecule has 0 aromatic heterocycles. The van der Waals surface area contributed by atoms with Crippen LogP contribution >= 0.6 is 0 Å². The highest BCUT2D eigenvalue weighted by molar-refractivity contribution is 5.86. The van der Waals surface area contributed by atoms with Gasteiger partial charge in [-0.3, -0.25) is 0 Å². The molecule has 1 aliphatic carbocycles. The Kier molecular flexibility index (Phi) is 5.91. The van der Waals surface area contributed by atoms with Crippen LogP contribution in [0.15, 0.2) is 23.3 Å². The number of hydrogen-bond acceptors (Lipinski definition) is 1. The second kappa shape index (κ2) is 7.26. The highest BCUT2D eigenvalue weighted by Crippen LogP contribution is 2.18. The van der Waals surface area contributed by atoms with Crippen molar-refractivity contribution in [3.05, 3.63) is 23.3 Å². The summed E-state index contributed by atoms with van der Waals surface area (Å²) in [5.74, 6) is -0.807. The van der Waals surface area contributed by atoms with Crippen LogP contribution in [0.4, 0.5) is 0 Å². The van der Waals surface area contributed by atoms with Crippen molar-refractivity contribution < 1.29 is 9.90 Å². The van der Waals surface area contributed by atoms with E-state index in [2.05, 4.69) is 6.08 Å². The Morgan fingerprint density at radius 3 is 2.50 bits per heavy atom. The third kappa shape index (κ3) is 5.15. The van der Waals surface area contributed by atoms with Crippen LogP contribution in [0.1, 0.15) is 58.3 Å². The van der Waals surface area contributed by atoms with Crippen molar-refractivity contribution in [3.8, 4) is 0 Å². The molecule has 0 aliphatic heterocycles. The van der Waals surface area contributed by atoms with Gasteiger partial charge in [0.2, 0.25) is 0 Å². The number of hydrogen-bond donors (Lipinski definition) is 1. The minimum atomic E-state index is -0.807. The molecule has 0 amide bonds. The first-order valence-corrected chi connectivity index (χ1v) is 6.31. The van der Waals surface area contributed by atoms with Gasteiger partial charge in [-0.1, -0.05) is 37.3 Å². The first kappa shape index (κ1) is 13.0. The van der Waals surface area contributed by atoms with E-state index in [9.17, 15) is 4.79 Å². The van der Waals surface area contributed by atoms with Crippen molar-refractivity contribution in [3.63, 3.8) is 0 Å². The van der Waals surface area contributed by atoms with Crippen molar-refractivity contribution in [1.29, 1.82) is 0 Å². The van der Waals surface area contributed by atoms with E-state index >= 15 is 0 Å². The number of rotatable bonds is 2. The summed E-state index contributed by atoms with van der Waals surface area (Å²) in [7, 11) is 0. The molecule has 0 bridgehead atoms. The van der Waals surface area contributed by atoms with Gasteiger partial charge >= 0.3 is 5.97 Å². The number of carbonyl (C=O) groups is 1. The summed E-state index contributed by atoms with van der Waals surface area (Å²) in [6.45, 7) is 1.67. The maximum absolute atomic E-state index is 10.8. The Balaban J connectivity index is 2.62. The van der Waals surface area contributed by atoms with Gasteiger partial charge in [-0.25, -0.2) is 4.79 Å². The second-order valence-electron chi connectivity index (χ2n) is 4.57. The zero-order valence-electron chi connectivity index (χ0n) is 10.2. The molecule has 0 heterocycles. The van der Waals surface area contributed by atoms with Crippen LogP contribution in [0.2, 0.25) is 0 Å². The van der Waals surface area contributed by atoms with Crippen molar-refractivity contribution >= 4 is 5.97 Å². The molecule has 16 heavy (non-hydrogen) atoms. The first-order valence-electron chi connectivity index (χ1n) is 6.31. The van der Waals surface area contributed by atoms with E-state index < -0.39 is 5.97 Å². The summed E-state index contributed by atoms with van der Waals surface area (Å²) >= 11 is 0. The Morgan fingerprint density at radius 1 is 1.19 bits per heavy atom. The number of aliphatic carboxylic acids is 1. The van der Waals surface area contributed by atoms with Gasteiger partial charge in [0.1, 0.15) is 0 Å². The van der Waals surface area contributed by atoms with Gasteiger partial charge in [-0.2, -0.15) is 0 Å². The predicted molar refractivity (Wildman–Crippen MR) is 66.4 cm³/mol. The summed E-state index contributed by atoms with van der Waals surface area (Å²) in [5, 5.41) is 8.84. The highest BCUT2D eigenvalue weighted by Gasteiger charge is 2.03. The number of carboxylic acid groups (broad SMARTS) is 1. The highest BCUT2D eigenvalue weighted by atomic mass is 16.4. The summed E-state index contributed by atoms with van der Waals surface area (Å²) in [6, 6.07) is 0. The third-order valence-corrected chi connectivity index (χ3v) is 3.07. The van der Waals surface area contributed by atoms with E-state index in [4.69, 9.17) is 5.11 Å². The number of allylic oxidation sites excluding steroid dienone is 3. The molecule has 0 fully saturated rings. The molecule has 0 aromatic rings. The lowest BCUT2D eigenvalue weighted by Gasteiger charge is -2.07. The average Bonchev–Trinajstić information content (AvgIpc) is 2.27. The lowest BCUT2D eigenvalue weighted by molar-refractivity contribution is -0.132. The van der Waals surface area contributed by atoms with Gasteiger partial charge < -0.3 is 5.11 Å². The smallest absolute Gasteiger partial charge is 0.331 e. The minimum Gasteiger partial charge on any atom is -0.478 e. The molecule has 0 saturated heterocycles. The van der Waals surface area contributed by atoms with Crippen molar-refractivity contribution in [2.24, 2.45) is 0 Å². The molecule has 0 saturated carbocycles. The SMILES string of the molecule is CC(=C/C1=C/CCCCCCCC1)C(=O)O. The predicted octanol–water partition coefficient (Wildman–Crippen LogP) is 4.08. The van der Waals surface area contributed by atoms with E-state index in [0.717, 1.165) is 12.8 Å². The van der Waals surface area contributed by atoms with Crippen LogP contribution in [0.25, 0.3) is 0 Å². The molecule has 0 unspecified atom stereocenters. The van der Waals surface area contributed by atoms with Crippen LogP contribution in [0, 0.1) is 0 Å². The van der Waals surface area contributed by atoms with E-state index in [-0.39, 0.29) is 0 Å². The molecule has 90 valence electrons. The van der Waals surface area contributed by atoms with Crippen LogP contribution in [-0.4, -0.2) is 11.1 Å². The fraction of sp³-hybridized carbons (Fsp3) is 0.643. The second-order valence-corrected chi connectivity index (χ2v) is 4.57. The van der Waals surface area contributed by atoms with Gasteiger partial charge in [-0.15, -0.1) is 0 Å². The van der Waals surface area contributed by atoms with Crippen LogP contribution in [0.3, 0.4) is 0 Å². The van der Waals surface area contributed by atoms with Crippen molar-refractivity contribution in [2.45, 2.75) is 58.3 Å². The normalized spacial score (nSPS) is 23.3. The van der Waals surface area contributed by atoms with Crippen molar-refractivity contribution in [2.75, 3.05) is 0 Å². The average molecular weight is 222 g/mol. The lowest BCUT2D eigenvalue weighted by atomic mass is 9.99. The summed E-state index contributed by atoms with van der Waals surface area (Å²) in [4.78, 5) is 10.8. The minimum absolute atomic E-state index is 0.448. The van der Waals surface area contributed by atoms with Crippen LogP contribution in [-0.2, 0) is 4.79 Å². The molecule has 1 N–H and O–H groups in total. The van der Waals surface area contributed by atoms with E-state index in [1.54, 1.807) is 6.92 Å². The molecule has 0 spiro atoms. The van der Waals surface area contributed by atoms with Gasteiger partial charge in [-0.05, 0) is 38.7 Å². The monoisotopic (exact) mass is 222 g/mol. The standard InChI is InChI=1S/C14H22O2/c1-12(14(15)16)11-13-9-7-5-3-2-4-6-8-10-13/h9,11H,2-8,10H2,1H3,(H,15,16)/b12-11?,13-9+. The lowest BCUT2D eigenvalue weighted by Crippen LogP contribution is -1.97. The van der Waals surface area contributed by atoms with Crippen molar-refractivity contribution in [1.82, 2.24) is 0 Å². The maximum Gasteiger partial charge on any atom is 0.331 e. The molecular weight excluding hydrogens is 200 g/mol. The molecule has 1 rings (SSSR count). The quantitative estimate of drug-likeness (QED) is 0.715. The van der Waals surface area contributed by atoms with Gasteiger partial charge in [0.25, 0.3) is 0 Å². The molecule has 1 aliphatic rings. The fourth-order valence-electron chi connectivity index (χ4n) is 2.04. The fourth-order valence-corrected chi connectivity index (χ4v) is 2.04. The largest absolute Gasteiger partial charge is 0.478 e. The molecule has 0 radical (unpaired) electrons. The zero-order valence-corrected chi connectivity index (χ0v) is 10.2. The van der Waals surface area contributed by atoms with Gasteiger partial charge in [0.05, 0.1) is 0 Å². The summed E-state index contributed by atoms with van der Waals surface area (Å²) in [6.07, 6.45) is 13.9. The zero-order chi connectivity index (χ0) is 11.8. The Labute approximate surface area is 98.1 Å². The molecule has 2 heteroatoms. The van der Waals surface area contributed by atoms with Gasteiger partial charge in [0, 0.05) is 5.57 Å². The maximum atomic E-state index is 10.8. The Bertz CT molecular complexity index is 287. The van der Waals surface area contributed by atoms with E-state index in [1.165, 1.54) is 44.1 Å². The molecule has 0 atom stereocenters. The summed E-state index contributed by atoms with van der Waals surface area (Å²) < 4.78 is 0. The molecule has 2 nitrogen and oxygen atoms in total.